The minimum absolute atomic E-state index is 0.500. The molecule has 0 aliphatic heterocycles. The second kappa shape index (κ2) is 4.45. The Bertz CT molecular complexity index is 522. The van der Waals surface area contributed by atoms with E-state index in [9.17, 15) is 4.79 Å². The van der Waals surface area contributed by atoms with Gasteiger partial charge in [0, 0.05) is 10.6 Å². The topological polar surface area (TPSA) is 47.8 Å². The number of aromatic nitrogens is 3. The van der Waals surface area contributed by atoms with Gasteiger partial charge in [-0.15, -0.1) is 5.10 Å². The molecule has 1 aromatic heterocycles. The van der Waals surface area contributed by atoms with E-state index in [0.717, 1.165) is 18.4 Å². The lowest BCUT2D eigenvalue weighted by molar-refractivity contribution is 0.112. The van der Waals surface area contributed by atoms with Crippen LogP contribution in [0.25, 0.3) is 5.69 Å². The zero-order valence-electron chi connectivity index (χ0n) is 8.72. The average Bonchev–Trinajstić information content (AvgIpc) is 2.77. The zero-order valence-corrected chi connectivity index (χ0v) is 9.48. The van der Waals surface area contributed by atoms with Crippen LogP contribution in [-0.4, -0.2) is 21.3 Å². The third-order valence-corrected chi connectivity index (χ3v) is 2.50. The number of nitrogens with zero attached hydrogens (tertiary/aromatic N) is 3. The molecular weight excluding hydrogens is 226 g/mol. The lowest BCUT2D eigenvalue weighted by Crippen LogP contribution is -1.99. The van der Waals surface area contributed by atoms with E-state index in [4.69, 9.17) is 11.6 Å². The molecule has 1 heterocycles. The highest BCUT2D eigenvalue weighted by molar-refractivity contribution is 6.30. The highest BCUT2D eigenvalue weighted by Gasteiger charge is 2.07. The Morgan fingerprint density at radius 2 is 2.31 bits per heavy atom. The predicted molar refractivity (Wildman–Crippen MR) is 61.1 cm³/mol. The maximum absolute atomic E-state index is 10.9. The third kappa shape index (κ3) is 1.97. The van der Waals surface area contributed by atoms with Crippen molar-refractivity contribution >= 4 is 17.9 Å². The van der Waals surface area contributed by atoms with Gasteiger partial charge in [-0.25, -0.2) is 4.68 Å². The minimum atomic E-state index is 0.500. The molecule has 2 aromatic rings. The van der Waals surface area contributed by atoms with Crippen LogP contribution >= 0.6 is 11.6 Å². The quantitative estimate of drug-likeness (QED) is 0.767. The van der Waals surface area contributed by atoms with Gasteiger partial charge in [0.2, 0.25) is 0 Å². The van der Waals surface area contributed by atoms with Gasteiger partial charge in [0.15, 0.2) is 6.29 Å². The number of hydrogen-bond acceptors (Lipinski definition) is 3. The summed E-state index contributed by atoms with van der Waals surface area (Å²) < 4.78 is 1.58. The molecule has 0 saturated carbocycles. The van der Waals surface area contributed by atoms with Crippen LogP contribution in [0.3, 0.4) is 0 Å². The highest BCUT2D eigenvalue weighted by atomic mass is 35.5. The maximum atomic E-state index is 10.9. The number of aryl methyl sites for hydroxylation is 1. The number of benzene rings is 1. The summed E-state index contributed by atoms with van der Waals surface area (Å²) in [5.41, 5.74) is 2.07. The molecule has 0 atom stereocenters. The summed E-state index contributed by atoms with van der Waals surface area (Å²) in [7, 11) is 0. The van der Waals surface area contributed by atoms with Gasteiger partial charge in [0.25, 0.3) is 0 Å². The van der Waals surface area contributed by atoms with Crippen molar-refractivity contribution in [1.29, 1.82) is 0 Å². The van der Waals surface area contributed by atoms with Gasteiger partial charge < -0.3 is 0 Å². The maximum Gasteiger partial charge on any atom is 0.152 e. The minimum Gasteiger partial charge on any atom is -0.298 e. The molecule has 0 N–H and O–H groups in total. The number of aldehydes is 1. The lowest BCUT2D eigenvalue weighted by Gasteiger charge is -2.03. The van der Waals surface area contributed by atoms with Crippen molar-refractivity contribution in [3.63, 3.8) is 0 Å². The van der Waals surface area contributed by atoms with Crippen molar-refractivity contribution in [1.82, 2.24) is 15.0 Å². The van der Waals surface area contributed by atoms with Crippen LogP contribution in [0.2, 0.25) is 5.02 Å². The van der Waals surface area contributed by atoms with E-state index in [-0.39, 0.29) is 0 Å². The number of halogens is 1. The van der Waals surface area contributed by atoms with E-state index < -0.39 is 0 Å². The molecule has 0 radical (unpaired) electrons. The van der Waals surface area contributed by atoms with Crippen LogP contribution in [0.5, 0.6) is 0 Å². The van der Waals surface area contributed by atoms with Crippen molar-refractivity contribution in [2.24, 2.45) is 0 Å². The van der Waals surface area contributed by atoms with E-state index in [1.807, 2.05) is 6.92 Å². The van der Waals surface area contributed by atoms with E-state index in [1.54, 1.807) is 29.1 Å². The van der Waals surface area contributed by atoms with Crippen LogP contribution < -0.4 is 0 Å². The Kier molecular flexibility index (Phi) is 3.01. The normalized spacial score (nSPS) is 10.4. The molecule has 4 nitrogen and oxygen atoms in total. The molecule has 5 heteroatoms. The molecule has 82 valence electrons. The molecule has 0 fully saturated rings. The molecule has 2 rings (SSSR count). The first kappa shape index (κ1) is 10.8. The number of hydrogen-bond donors (Lipinski definition) is 0. The lowest BCUT2D eigenvalue weighted by atomic mass is 10.2. The molecule has 0 bridgehead atoms. The Labute approximate surface area is 97.8 Å². The van der Waals surface area contributed by atoms with Gasteiger partial charge in [0.05, 0.1) is 17.6 Å². The molecule has 0 saturated heterocycles. The van der Waals surface area contributed by atoms with E-state index >= 15 is 0 Å². The predicted octanol–water partition coefficient (Wildman–Crippen LogP) is 2.30. The number of carbonyl (C=O) groups is 1. The SMILES string of the molecule is CCc1cn(-c2ccc(Cl)cc2C=O)nn1. The van der Waals surface area contributed by atoms with Crippen LogP contribution in [0.15, 0.2) is 24.4 Å². The molecule has 0 aliphatic rings. The van der Waals surface area contributed by atoms with Gasteiger partial charge in [-0.05, 0) is 24.6 Å². The molecule has 1 aromatic carbocycles. The first-order valence-electron chi connectivity index (χ1n) is 4.91. The molecule has 0 unspecified atom stereocenters. The van der Waals surface area contributed by atoms with E-state index in [2.05, 4.69) is 10.3 Å². The zero-order chi connectivity index (χ0) is 11.5. The fourth-order valence-corrected chi connectivity index (χ4v) is 1.59. The second-order valence-corrected chi connectivity index (χ2v) is 3.77. The van der Waals surface area contributed by atoms with Gasteiger partial charge >= 0.3 is 0 Å². The summed E-state index contributed by atoms with van der Waals surface area (Å²) in [5.74, 6) is 0. The van der Waals surface area contributed by atoms with Crippen molar-refractivity contribution in [3.8, 4) is 5.69 Å². The average molecular weight is 236 g/mol. The molecule has 0 spiro atoms. The summed E-state index contributed by atoms with van der Waals surface area (Å²) in [6.45, 7) is 2.00. The van der Waals surface area contributed by atoms with Gasteiger partial charge in [-0.3, -0.25) is 4.79 Å². The molecule has 0 aliphatic carbocycles. The van der Waals surface area contributed by atoms with Crippen molar-refractivity contribution in [2.45, 2.75) is 13.3 Å². The monoisotopic (exact) mass is 235 g/mol. The smallest absolute Gasteiger partial charge is 0.152 e. The van der Waals surface area contributed by atoms with Gasteiger partial charge in [-0.2, -0.15) is 0 Å². The summed E-state index contributed by atoms with van der Waals surface area (Å²) in [4.78, 5) is 10.9. The largest absolute Gasteiger partial charge is 0.298 e. The summed E-state index contributed by atoms with van der Waals surface area (Å²) in [5, 5.41) is 8.46. The Hall–Kier alpha value is -1.68. The van der Waals surface area contributed by atoms with Crippen LogP contribution in [0, 0.1) is 0 Å². The first-order valence-corrected chi connectivity index (χ1v) is 5.28. The summed E-state index contributed by atoms with van der Waals surface area (Å²) in [6, 6.07) is 5.08. The fraction of sp³-hybridized carbons (Fsp3) is 0.182. The van der Waals surface area contributed by atoms with Crippen LogP contribution in [0.4, 0.5) is 0 Å². The van der Waals surface area contributed by atoms with Crippen LogP contribution in [-0.2, 0) is 6.42 Å². The van der Waals surface area contributed by atoms with Gasteiger partial charge in [-0.1, -0.05) is 23.7 Å². The fourth-order valence-electron chi connectivity index (χ4n) is 1.41. The Morgan fingerprint density at radius 1 is 1.50 bits per heavy atom. The third-order valence-electron chi connectivity index (χ3n) is 2.27. The van der Waals surface area contributed by atoms with E-state index in [1.165, 1.54) is 0 Å². The second-order valence-electron chi connectivity index (χ2n) is 3.33. The summed E-state index contributed by atoms with van der Waals surface area (Å²) in [6.07, 6.45) is 3.37. The van der Waals surface area contributed by atoms with Crippen molar-refractivity contribution in [2.75, 3.05) is 0 Å². The molecule has 16 heavy (non-hydrogen) atoms. The summed E-state index contributed by atoms with van der Waals surface area (Å²) >= 11 is 5.81. The Morgan fingerprint density at radius 3 is 2.94 bits per heavy atom. The van der Waals surface area contributed by atoms with Gasteiger partial charge in [0.1, 0.15) is 0 Å². The Balaban J connectivity index is 2.50. The number of carbonyl (C=O) groups excluding carboxylic acids is 1. The van der Waals surface area contributed by atoms with E-state index in [0.29, 0.717) is 16.3 Å². The number of rotatable bonds is 3. The van der Waals surface area contributed by atoms with Crippen molar-refractivity contribution in [3.05, 3.63) is 40.7 Å². The van der Waals surface area contributed by atoms with Crippen LogP contribution in [0.1, 0.15) is 23.0 Å². The highest BCUT2D eigenvalue weighted by Crippen LogP contribution is 2.17. The van der Waals surface area contributed by atoms with Crippen molar-refractivity contribution < 1.29 is 4.79 Å². The first-order chi connectivity index (χ1) is 7.74. The molecular formula is C11H10ClN3O. The molecule has 0 amide bonds. The standard InChI is InChI=1S/C11H10ClN3O/c1-2-10-6-15(14-13-10)11-4-3-9(12)5-8(11)7-16/h3-7H,2H2,1H3.